The number of nitrogens with one attached hydrogen (secondary N) is 1. The van der Waals surface area contributed by atoms with Crippen LogP contribution in [0.25, 0.3) is 27.8 Å². The average molecular weight is 759 g/mol. The van der Waals surface area contributed by atoms with Crippen LogP contribution in [-0.2, 0) is 6.42 Å². The maximum absolute atomic E-state index is 5.55. The third kappa shape index (κ3) is 5.69. The minimum atomic E-state index is -0.159. The third-order valence-electron chi connectivity index (χ3n) is 14.3. The number of rotatable bonds is 4. The highest BCUT2D eigenvalue weighted by molar-refractivity contribution is 6.06. The van der Waals surface area contributed by atoms with Gasteiger partial charge in [0.25, 0.3) is 0 Å². The Bertz CT molecular complexity index is 2680. The minimum absolute atomic E-state index is 0.0246. The van der Waals surface area contributed by atoms with E-state index in [1.165, 1.54) is 100 Å². The maximum atomic E-state index is 5.55. The Balaban J connectivity index is 0.967. The van der Waals surface area contributed by atoms with Crippen LogP contribution >= 0.6 is 0 Å². The van der Waals surface area contributed by atoms with E-state index in [1.807, 2.05) is 0 Å². The van der Waals surface area contributed by atoms with Crippen molar-refractivity contribution in [3.05, 3.63) is 178 Å². The van der Waals surface area contributed by atoms with Crippen molar-refractivity contribution in [2.75, 3.05) is 4.90 Å². The Labute approximate surface area is 341 Å². The number of nitrogens with two attached hydrogens (primary N) is 1. The van der Waals surface area contributed by atoms with Crippen molar-refractivity contribution in [1.29, 1.82) is 0 Å². The summed E-state index contributed by atoms with van der Waals surface area (Å²) in [5.41, 5.74) is 15.6. The number of benzene rings is 4. The minimum Gasteiger partial charge on any atom is -0.337 e. The fourth-order valence-electron chi connectivity index (χ4n) is 11.5. The van der Waals surface area contributed by atoms with Gasteiger partial charge in [-0.3, -0.25) is 9.88 Å². The van der Waals surface area contributed by atoms with Gasteiger partial charge in [-0.15, -0.1) is 0 Å². The van der Waals surface area contributed by atoms with Crippen LogP contribution in [0.15, 0.2) is 155 Å². The molecule has 5 unspecified atom stereocenters. The lowest BCUT2D eigenvalue weighted by Crippen LogP contribution is -2.94. The topological polar surface area (TPSA) is 49.2 Å². The predicted molar refractivity (Wildman–Crippen MR) is 239 cm³/mol. The molecule has 12 rings (SSSR count). The van der Waals surface area contributed by atoms with Crippen LogP contribution in [0, 0.1) is 5.92 Å². The maximum Gasteiger partial charge on any atom is 0.309 e. The molecule has 2 aliphatic heterocycles. The molecular weight excluding hydrogens is 707 g/mol. The van der Waals surface area contributed by atoms with Gasteiger partial charge in [0.1, 0.15) is 6.17 Å². The Morgan fingerprint density at radius 3 is 2.47 bits per heavy atom. The molecule has 0 amide bonds. The van der Waals surface area contributed by atoms with Gasteiger partial charge >= 0.3 is 5.96 Å². The van der Waals surface area contributed by atoms with Crippen LogP contribution < -0.4 is 15.5 Å². The number of allylic oxidation sites excluding steroid dienone is 8. The molecule has 5 aromatic rings. The molecule has 5 atom stereocenters. The Kier molecular flexibility index (Phi) is 8.40. The van der Waals surface area contributed by atoms with Crippen LogP contribution in [0.1, 0.15) is 110 Å². The molecule has 5 heteroatoms. The SMILES string of the molecule is C1=CC2=C(C=CC3C2C2=C(CCCC2)N3c2ccc3cc4c5c(n(C6=NC(c7ccccc7)NC(c7ccc(C8CC=CCC8)cc7)[NH2+]6)c4cc3c2)CCC=C5)CC1. The number of hydrogen-bond donors (Lipinski definition) is 2. The number of quaternary nitrogens is 1. The van der Waals surface area contributed by atoms with Crippen molar-refractivity contribution >= 4 is 39.4 Å². The van der Waals surface area contributed by atoms with Gasteiger partial charge in [0.05, 0.1) is 11.6 Å². The normalized spacial score (nSPS) is 26.2. The molecule has 58 heavy (non-hydrogen) atoms. The van der Waals surface area contributed by atoms with Gasteiger partial charge in [-0.25, -0.2) is 5.32 Å². The van der Waals surface area contributed by atoms with Gasteiger partial charge in [0.2, 0.25) is 0 Å². The molecule has 0 fully saturated rings. The summed E-state index contributed by atoms with van der Waals surface area (Å²) >= 11 is 0. The van der Waals surface area contributed by atoms with Crippen LogP contribution in [0.4, 0.5) is 5.69 Å². The molecule has 0 bridgehead atoms. The summed E-state index contributed by atoms with van der Waals surface area (Å²) in [7, 11) is 0. The molecule has 4 aromatic carbocycles. The molecule has 1 aromatic heterocycles. The zero-order valence-corrected chi connectivity index (χ0v) is 33.3. The second-order valence-electron chi connectivity index (χ2n) is 17.6. The second kappa shape index (κ2) is 14.1. The molecule has 3 N–H and O–H groups in total. The van der Waals surface area contributed by atoms with E-state index < -0.39 is 0 Å². The Morgan fingerprint density at radius 1 is 0.707 bits per heavy atom. The zero-order chi connectivity index (χ0) is 38.2. The first-order chi connectivity index (χ1) is 28.7. The number of hydrogen-bond acceptors (Lipinski definition) is 3. The summed E-state index contributed by atoms with van der Waals surface area (Å²) in [5.74, 6) is 2.14. The highest BCUT2D eigenvalue weighted by Crippen LogP contribution is 2.51. The van der Waals surface area contributed by atoms with Crippen molar-refractivity contribution in [2.45, 2.75) is 94.9 Å². The third-order valence-corrected chi connectivity index (χ3v) is 14.3. The first-order valence-electron chi connectivity index (χ1n) is 22.1. The monoisotopic (exact) mass is 758 g/mol. The van der Waals surface area contributed by atoms with Gasteiger partial charge in [-0.2, -0.15) is 4.99 Å². The summed E-state index contributed by atoms with van der Waals surface area (Å²) in [6.07, 6.45) is 32.1. The number of aliphatic imine (C=N–C) groups is 1. The average Bonchev–Trinajstić information content (AvgIpc) is 3.81. The van der Waals surface area contributed by atoms with Gasteiger partial charge < -0.3 is 4.90 Å². The molecule has 0 saturated heterocycles. The zero-order valence-electron chi connectivity index (χ0n) is 33.3. The molecule has 3 heterocycles. The van der Waals surface area contributed by atoms with Crippen molar-refractivity contribution in [2.24, 2.45) is 10.9 Å². The van der Waals surface area contributed by atoms with Crippen LogP contribution in [0.2, 0.25) is 0 Å². The molecule has 0 radical (unpaired) electrons. The molecule has 5 aliphatic carbocycles. The molecular formula is C53H52N5+. The van der Waals surface area contributed by atoms with Crippen molar-refractivity contribution in [1.82, 2.24) is 9.88 Å². The molecule has 7 aliphatic rings. The van der Waals surface area contributed by atoms with E-state index in [-0.39, 0.29) is 12.3 Å². The van der Waals surface area contributed by atoms with E-state index in [1.54, 1.807) is 22.4 Å². The quantitative estimate of drug-likeness (QED) is 0.179. The van der Waals surface area contributed by atoms with E-state index >= 15 is 0 Å². The second-order valence-corrected chi connectivity index (χ2v) is 17.6. The molecule has 288 valence electrons. The van der Waals surface area contributed by atoms with Crippen LogP contribution in [0.5, 0.6) is 0 Å². The lowest BCUT2D eigenvalue weighted by Gasteiger charge is -2.34. The standard InChI is InChI=1S/C53H51N5/c1-3-13-34(14-4-1)35-23-25-38(26-24-35)52-54-51(37-16-5-2-6-17-37)55-53(56-52)58-46-21-11-9-19-43(46)45-32-39-27-29-41(31-40(39)33-49(45)58)57-47-22-12-10-20-44(47)50-42-18-8-7-15-36(42)28-30-48(50)57/h1-3,5-6,8-9,16-19,23-34,48,50-52,54H,4,7,10-15,20-22H2,(H,55,56)/p+1. The summed E-state index contributed by atoms with van der Waals surface area (Å²) in [4.78, 5) is 8.28. The summed E-state index contributed by atoms with van der Waals surface area (Å²) in [6, 6.07) is 32.8. The predicted octanol–water partition coefficient (Wildman–Crippen LogP) is 11.2. The lowest BCUT2D eigenvalue weighted by atomic mass is 9.75. The van der Waals surface area contributed by atoms with Gasteiger partial charge in [-0.05, 0) is 139 Å². The largest absolute Gasteiger partial charge is 0.337 e. The van der Waals surface area contributed by atoms with Crippen LogP contribution in [-0.4, -0.2) is 16.6 Å². The molecule has 0 saturated carbocycles. The number of nitrogens with zero attached hydrogens (tertiary/aromatic N) is 3. The highest BCUT2D eigenvalue weighted by Gasteiger charge is 2.44. The fraction of sp³-hybridized carbons (Fsp3) is 0.302. The number of fused-ring (bicyclic) bond motifs is 7. The number of aromatic nitrogens is 1. The first kappa shape index (κ1) is 34.5. The smallest absolute Gasteiger partial charge is 0.309 e. The highest BCUT2D eigenvalue weighted by atomic mass is 15.4. The Morgan fingerprint density at radius 2 is 1.57 bits per heavy atom. The van der Waals surface area contributed by atoms with E-state index in [2.05, 4.69) is 154 Å². The van der Waals surface area contributed by atoms with Gasteiger partial charge in [-0.1, -0.05) is 109 Å². The fourth-order valence-corrected chi connectivity index (χ4v) is 11.5. The van der Waals surface area contributed by atoms with Gasteiger partial charge in [0.15, 0.2) is 6.17 Å². The lowest BCUT2D eigenvalue weighted by molar-refractivity contribution is -0.604. The van der Waals surface area contributed by atoms with E-state index in [9.17, 15) is 0 Å². The van der Waals surface area contributed by atoms with E-state index in [0.717, 1.165) is 31.6 Å². The van der Waals surface area contributed by atoms with E-state index in [4.69, 9.17) is 4.99 Å². The summed E-state index contributed by atoms with van der Waals surface area (Å²) in [6.45, 7) is 0. The van der Waals surface area contributed by atoms with Crippen molar-refractivity contribution in [3.8, 4) is 0 Å². The molecule has 0 spiro atoms. The van der Waals surface area contributed by atoms with Crippen molar-refractivity contribution in [3.63, 3.8) is 0 Å². The summed E-state index contributed by atoms with van der Waals surface area (Å²) < 4.78 is 2.52. The number of anilines is 1. The summed E-state index contributed by atoms with van der Waals surface area (Å²) in [5, 5.41) is 10.2. The first-order valence-corrected chi connectivity index (χ1v) is 22.1. The van der Waals surface area contributed by atoms with Gasteiger partial charge in [0, 0.05) is 39.5 Å². The van der Waals surface area contributed by atoms with Crippen LogP contribution in [0.3, 0.4) is 0 Å². The van der Waals surface area contributed by atoms with Crippen molar-refractivity contribution < 1.29 is 5.32 Å². The Hall–Kier alpha value is -5.49. The van der Waals surface area contributed by atoms with E-state index in [0.29, 0.717) is 17.9 Å². The molecule has 5 nitrogen and oxygen atoms in total.